The monoisotopic (exact) mass is 467 g/mol. The van der Waals surface area contributed by atoms with E-state index in [0.717, 1.165) is 11.8 Å². The molecule has 0 spiro atoms. The molecule has 164 valence electrons. The second-order valence-electron chi connectivity index (χ2n) is 8.08. The SMILES string of the molecule is Cc1ccc(OCC(=O)NC23CC(NC(=O)COc4ccc(Cl)c(F)c4)(C2)C3)c(Cl)n1. The fourth-order valence-corrected chi connectivity index (χ4v) is 4.56. The molecule has 2 aromatic rings. The van der Waals surface area contributed by atoms with Crippen molar-refractivity contribution in [2.45, 2.75) is 37.3 Å². The highest BCUT2D eigenvalue weighted by Gasteiger charge is 2.69. The molecule has 10 heteroatoms. The van der Waals surface area contributed by atoms with Crippen LogP contribution in [-0.2, 0) is 9.59 Å². The number of nitrogens with zero attached hydrogens (tertiary/aromatic N) is 1. The van der Waals surface area contributed by atoms with Gasteiger partial charge in [0.25, 0.3) is 11.8 Å². The first-order valence-electron chi connectivity index (χ1n) is 9.64. The van der Waals surface area contributed by atoms with Gasteiger partial charge in [0.05, 0.1) is 5.02 Å². The Hall–Kier alpha value is -2.58. The summed E-state index contributed by atoms with van der Waals surface area (Å²) in [4.78, 5) is 28.5. The van der Waals surface area contributed by atoms with Crippen molar-refractivity contribution in [3.05, 3.63) is 52.0 Å². The van der Waals surface area contributed by atoms with E-state index in [2.05, 4.69) is 15.6 Å². The third kappa shape index (κ3) is 4.70. The molecule has 2 amide bonds. The van der Waals surface area contributed by atoms with Gasteiger partial charge in [-0.05, 0) is 50.5 Å². The van der Waals surface area contributed by atoms with Crippen molar-refractivity contribution in [1.29, 1.82) is 0 Å². The largest absolute Gasteiger partial charge is 0.484 e. The molecule has 31 heavy (non-hydrogen) atoms. The van der Waals surface area contributed by atoms with Crippen LogP contribution in [0.25, 0.3) is 0 Å². The molecule has 3 fully saturated rings. The number of pyridine rings is 1. The van der Waals surface area contributed by atoms with Gasteiger partial charge in [0.1, 0.15) is 11.6 Å². The quantitative estimate of drug-likeness (QED) is 0.581. The summed E-state index contributed by atoms with van der Waals surface area (Å²) in [5.41, 5.74) is 0.112. The van der Waals surface area contributed by atoms with E-state index in [9.17, 15) is 14.0 Å². The minimum atomic E-state index is -0.610. The summed E-state index contributed by atoms with van der Waals surface area (Å²) in [6.07, 6.45) is 1.92. The van der Waals surface area contributed by atoms with Gasteiger partial charge in [-0.25, -0.2) is 9.37 Å². The molecule has 0 radical (unpaired) electrons. The summed E-state index contributed by atoms with van der Waals surface area (Å²) in [5, 5.41) is 6.09. The number of amides is 2. The van der Waals surface area contributed by atoms with Gasteiger partial charge < -0.3 is 20.1 Å². The number of aryl methyl sites for hydroxylation is 1. The van der Waals surface area contributed by atoms with Crippen LogP contribution < -0.4 is 20.1 Å². The molecule has 1 aromatic carbocycles. The fraction of sp³-hybridized carbons (Fsp3) is 0.381. The molecule has 0 atom stereocenters. The highest BCUT2D eigenvalue weighted by molar-refractivity contribution is 6.31. The highest BCUT2D eigenvalue weighted by atomic mass is 35.5. The number of carbonyl (C=O) groups is 2. The number of ether oxygens (including phenoxy) is 2. The van der Waals surface area contributed by atoms with E-state index in [1.807, 2.05) is 6.92 Å². The molecule has 3 aliphatic carbocycles. The topological polar surface area (TPSA) is 89.6 Å². The fourth-order valence-electron chi connectivity index (χ4n) is 4.20. The van der Waals surface area contributed by atoms with Crippen LogP contribution in [0, 0.1) is 12.7 Å². The van der Waals surface area contributed by atoms with Gasteiger partial charge in [-0.3, -0.25) is 9.59 Å². The molecule has 3 aliphatic rings. The van der Waals surface area contributed by atoms with Crippen molar-refractivity contribution in [3.63, 3.8) is 0 Å². The predicted octanol–water partition coefficient (Wildman–Crippen LogP) is 3.20. The lowest BCUT2D eigenvalue weighted by molar-refractivity contribution is -0.151. The van der Waals surface area contributed by atoms with Crippen LogP contribution in [0.3, 0.4) is 0 Å². The lowest BCUT2D eigenvalue weighted by atomic mass is 9.44. The first-order chi connectivity index (χ1) is 14.7. The molecular weight excluding hydrogens is 448 g/mol. The van der Waals surface area contributed by atoms with E-state index >= 15 is 0 Å². The molecule has 3 saturated carbocycles. The Morgan fingerprint density at radius 2 is 1.65 bits per heavy atom. The zero-order valence-corrected chi connectivity index (χ0v) is 18.1. The van der Waals surface area contributed by atoms with Crippen LogP contribution in [0.4, 0.5) is 4.39 Å². The summed E-state index contributed by atoms with van der Waals surface area (Å²) in [5.74, 6) is -0.600. The van der Waals surface area contributed by atoms with Gasteiger partial charge >= 0.3 is 0 Å². The molecular formula is C21H20Cl2FN3O4. The zero-order valence-electron chi connectivity index (χ0n) is 16.6. The predicted molar refractivity (Wildman–Crippen MR) is 112 cm³/mol. The molecule has 0 aliphatic heterocycles. The average Bonchev–Trinajstić information content (AvgIpc) is 2.65. The smallest absolute Gasteiger partial charge is 0.258 e. The number of benzene rings is 1. The highest BCUT2D eigenvalue weighted by Crippen LogP contribution is 2.60. The Kier molecular flexibility index (Phi) is 5.70. The number of hydrogen-bond acceptors (Lipinski definition) is 5. The van der Waals surface area contributed by atoms with Gasteiger partial charge in [0.15, 0.2) is 24.1 Å². The van der Waals surface area contributed by atoms with Crippen molar-refractivity contribution in [2.24, 2.45) is 0 Å². The van der Waals surface area contributed by atoms with Gasteiger partial charge in [0, 0.05) is 22.8 Å². The second-order valence-corrected chi connectivity index (χ2v) is 8.85. The summed E-state index contributed by atoms with van der Waals surface area (Å²) >= 11 is 11.6. The number of carbonyl (C=O) groups excluding carboxylic acids is 2. The van der Waals surface area contributed by atoms with E-state index in [0.29, 0.717) is 25.0 Å². The standard InChI is InChI=1S/C21H20Cl2FN3O4/c1-12-2-5-16(19(23)25-12)31-8-18(29)27-21-9-20(10-21,11-21)26-17(28)7-30-13-3-4-14(22)15(24)6-13/h2-6H,7-11H2,1H3,(H,26,28)(H,27,29). The Balaban J connectivity index is 1.18. The lowest BCUT2D eigenvalue weighted by Gasteiger charge is -2.70. The van der Waals surface area contributed by atoms with Crippen LogP contribution in [0.15, 0.2) is 30.3 Å². The normalized spacial score (nSPS) is 23.2. The Bertz CT molecular complexity index is 1030. The number of hydrogen-bond donors (Lipinski definition) is 2. The lowest BCUT2D eigenvalue weighted by Crippen LogP contribution is -2.84. The molecule has 1 heterocycles. The molecule has 5 rings (SSSR count). The van der Waals surface area contributed by atoms with E-state index in [-0.39, 0.29) is 52.0 Å². The molecule has 2 N–H and O–H groups in total. The third-order valence-corrected chi connectivity index (χ3v) is 5.99. The van der Waals surface area contributed by atoms with Crippen molar-refractivity contribution in [3.8, 4) is 11.5 Å². The Morgan fingerprint density at radius 1 is 1.03 bits per heavy atom. The maximum atomic E-state index is 13.4. The van der Waals surface area contributed by atoms with Crippen LogP contribution in [0.5, 0.6) is 11.5 Å². The number of rotatable bonds is 8. The van der Waals surface area contributed by atoms with Crippen LogP contribution >= 0.6 is 23.2 Å². The maximum Gasteiger partial charge on any atom is 0.258 e. The Labute approximate surface area is 188 Å². The maximum absolute atomic E-state index is 13.4. The van der Waals surface area contributed by atoms with Gasteiger partial charge in [0.2, 0.25) is 0 Å². The number of aromatic nitrogens is 1. The van der Waals surface area contributed by atoms with E-state index in [1.54, 1.807) is 12.1 Å². The van der Waals surface area contributed by atoms with Gasteiger partial charge in [-0.15, -0.1) is 0 Å². The zero-order chi connectivity index (χ0) is 22.2. The third-order valence-electron chi connectivity index (χ3n) is 5.41. The van der Waals surface area contributed by atoms with Crippen LogP contribution in [-0.4, -0.2) is 41.1 Å². The first-order valence-corrected chi connectivity index (χ1v) is 10.4. The molecule has 0 saturated heterocycles. The van der Waals surface area contributed by atoms with E-state index < -0.39 is 5.82 Å². The van der Waals surface area contributed by atoms with E-state index in [4.69, 9.17) is 32.7 Å². The molecule has 2 bridgehead atoms. The minimum Gasteiger partial charge on any atom is -0.484 e. The van der Waals surface area contributed by atoms with Gasteiger partial charge in [-0.1, -0.05) is 23.2 Å². The summed E-state index contributed by atoms with van der Waals surface area (Å²) in [7, 11) is 0. The number of nitrogens with one attached hydrogen (secondary N) is 2. The van der Waals surface area contributed by atoms with Crippen molar-refractivity contribution < 1.29 is 23.5 Å². The molecule has 1 aromatic heterocycles. The van der Waals surface area contributed by atoms with Crippen molar-refractivity contribution in [2.75, 3.05) is 13.2 Å². The van der Waals surface area contributed by atoms with Crippen molar-refractivity contribution >= 4 is 35.0 Å². The second kappa shape index (κ2) is 8.16. The Morgan fingerprint density at radius 3 is 2.23 bits per heavy atom. The van der Waals surface area contributed by atoms with Crippen LogP contribution in [0.2, 0.25) is 10.2 Å². The number of halogens is 3. The van der Waals surface area contributed by atoms with Crippen molar-refractivity contribution in [1.82, 2.24) is 15.6 Å². The minimum absolute atomic E-state index is 0.0120. The molecule has 0 unspecified atom stereocenters. The van der Waals surface area contributed by atoms with E-state index in [1.165, 1.54) is 12.1 Å². The molecule has 7 nitrogen and oxygen atoms in total. The summed E-state index contributed by atoms with van der Waals surface area (Å²) in [6, 6.07) is 7.41. The summed E-state index contributed by atoms with van der Waals surface area (Å²) in [6.45, 7) is 1.40. The van der Waals surface area contributed by atoms with Gasteiger partial charge in [-0.2, -0.15) is 0 Å². The van der Waals surface area contributed by atoms with Crippen LogP contribution in [0.1, 0.15) is 25.0 Å². The first kappa shape index (κ1) is 21.6. The average molecular weight is 468 g/mol. The summed E-state index contributed by atoms with van der Waals surface area (Å²) < 4.78 is 24.2.